The van der Waals surface area contributed by atoms with Crippen molar-refractivity contribution < 1.29 is 19.1 Å². The number of benzene rings is 1. The van der Waals surface area contributed by atoms with Gasteiger partial charge < -0.3 is 15.0 Å². The second-order valence-electron chi connectivity index (χ2n) is 7.62. The zero-order chi connectivity index (χ0) is 20.3. The fourth-order valence-corrected chi connectivity index (χ4v) is 4.20. The molecular weight excluding hydrogens is 358 g/mol. The van der Waals surface area contributed by atoms with Gasteiger partial charge in [-0.1, -0.05) is 31.4 Å². The van der Waals surface area contributed by atoms with Gasteiger partial charge >= 0.3 is 6.03 Å². The Labute approximate surface area is 166 Å². The fraction of sp³-hybridized carbons (Fsp3) is 0.571. The highest BCUT2D eigenvalue weighted by atomic mass is 16.5. The third-order valence-electron chi connectivity index (χ3n) is 5.85. The lowest BCUT2D eigenvalue weighted by atomic mass is 9.81. The molecule has 1 saturated carbocycles. The van der Waals surface area contributed by atoms with Gasteiger partial charge in [-0.05, 0) is 44.4 Å². The number of carbonyl (C=O) groups excluding carboxylic acids is 3. The summed E-state index contributed by atoms with van der Waals surface area (Å²) in [6.45, 7) is 4.15. The van der Waals surface area contributed by atoms with Crippen molar-refractivity contribution in [3.8, 4) is 5.75 Å². The smallest absolute Gasteiger partial charge is 0.327 e. The van der Waals surface area contributed by atoms with Crippen LogP contribution in [-0.4, -0.2) is 53.4 Å². The molecule has 2 fully saturated rings. The molecular formula is C21H29N3O4. The van der Waals surface area contributed by atoms with E-state index in [2.05, 4.69) is 5.32 Å². The Morgan fingerprint density at radius 1 is 1.18 bits per heavy atom. The van der Waals surface area contributed by atoms with E-state index in [-0.39, 0.29) is 30.4 Å². The van der Waals surface area contributed by atoms with Gasteiger partial charge in [-0.2, -0.15) is 0 Å². The second-order valence-corrected chi connectivity index (χ2v) is 7.62. The molecule has 28 heavy (non-hydrogen) atoms. The summed E-state index contributed by atoms with van der Waals surface area (Å²) >= 11 is 0. The highest BCUT2D eigenvalue weighted by Crippen LogP contribution is 2.39. The third kappa shape index (κ3) is 3.70. The van der Waals surface area contributed by atoms with Crippen LogP contribution in [0.15, 0.2) is 24.3 Å². The van der Waals surface area contributed by atoms with E-state index in [9.17, 15) is 14.4 Å². The lowest BCUT2D eigenvalue weighted by molar-refractivity contribution is -0.137. The number of hydrogen-bond acceptors (Lipinski definition) is 4. The van der Waals surface area contributed by atoms with E-state index in [0.717, 1.165) is 35.5 Å². The van der Waals surface area contributed by atoms with Gasteiger partial charge in [0.2, 0.25) is 5.91 Å². The largest absolute Gasteiger partial charge is 0.494 e. The summed E-state index contributed by atoms with van der Waals surface area (Å²) < 4.78 is 5.43. The Morgan fingerprint density at radius 2 is 1.82 bits per heavy atom. The van der Waals surface area contributed by atoms with Crippen LogP contribution >= 0.6 is 0 Å². The molecule has 1 N–H and O–H groups in total. The molecule has 2 aliphatic rings. The van der Waals surface area contributed by atoms with Crippen LogP contribution in [0.25, 0.3) is 0 Å². The molecule has 1 atom stereocenters. The molecule has 1 heterocycles. The van der Waals surface area contributed by atoms with Gasteiger partial charge in [0.05, 0.1) is 12.6 Å². The van der Waals surface area contributed by atoms with Gasteiger partial charge in [-0.25, -0.2) is 4.79 Å². The van der Waals surface area contributed by atoms with Crippen LogP contribution in [-0.2, 0) is 9.59 Å². The second kappa shape index (κ2) is 8.20. The topological polar surface area (TPSA) is 79.0 Å². The van der Waals surface area contributed by atoms with Gasteiger partial charge in [0.25, 0.3) is 5.91 Å². The monoisotopic (exact) mass is 387 g/mol. The Kier molecular flexibility index (Phi) is 5.91. The number of carbonyl (C=O) groups is 3. The number of hydrogen-bond donors (Lipinski definition) is 1. The van der Waals surface area contributed by atoms with Crippen molar-refractivity contribution in [2.45, 2.75) is 57.5 Å². The van der Waals surface area contributed by atoms with Crippen LogP contribution in [0.1, 0.15) is 57.6 Å². The number of likely N-dealkylation sites (N-methyl/N-ethyl adjacent to an activating group) is 1. The van der Waals surface area contributed by atoms with Crippen LogP contribution < -0.4 is 10.1 Å². The maximum Gasteiger partial charge on any atom is 0.327 e. The van der Waals surface area contributed by atoms with Crippen molar-refractivity contribution in [3.05, 3.63) is 29.8 Å². The molecule has 0 bridgehead atoms. The highest BCUT2D eigenvalue weighted by Gasteiger charge is 2.55. The fourth-order valence-electron chi connectivity index (χ4n) is 4.20. The van der Waals surface area contributed by atoms with Crippen LogP contribution in [0.3, 0.4) is 0 Å². The van der Waals surface area contributed by atoms with Crippen molar-refractivity contribution in [2.75, 3.05) is 20.2 Å². The van der Waals surface area contributed by atoms with E-state index >= 15 is 0 Å². The quantitative estimate of drug-likeness (QED) is 0.762. The summed E-state index contributed by atoms with van der Waals surface area (Å²) in [4.78, 5) is 40.7. The average Bonchev–Trinajstić information content (AvgIpc) is 2.86. The molecule has 1 aliphatic heterocycles. The third-order valence-corrected chi connectivity index (χ3v) is 5.85. The molecule has 1 aromatic carbocycles. The Bertz CT molecular complexity index is 741. The van der Waals surface area contributed by atoms with E-state index in [4.69, 9.17) is 4.74 Å². The van der Waals surface area contributed by atoms with Gasteiger partial charge in [0, 0.05) is 7.05 Å². The molecule has 152 valence electrons. The molecule has 4 amide bonds. The minimum Gasteiger partial charge on any atom is -0.494 e. The number of rotatable bonds is 6. The maximum absolute atomic E-state index is 13.0. The van der Waals surface area contributed by atoms with Crippen molar-refractivity contribution in [2.24, 2.45) is 0 Å². The van der Waals surface area contributed by atoms with Gasteiger partial charge in [0.1, 0.15) is 17.8 Å². The van der Waals surface area contributed by atoms with Crippen LogP contribution in [0, 0.1) is 0 Å². The number of ether oxygens (including phenoxy) is 1. The first-order chi connectivity index (χ1) is 13.4. The predicted octanol–water partition coefficient (Wildman–Crippen LogP) is 2.86. The Morgan fingerprint density at radius 3 is 2.43 bits per heavy atom. The molecule has 3 rings (SSSR count). The lowest BCUT2D eigenvalue weighted by Crippen LogP contribution is -2.49. The summed E-state index contributed by atoms with van der Waals surface area (Å²) in [6, 6.07) is 6.89. The summed E-state index contributed by atoms with van der Waals surface area (Å²) in [7, 11) is 1.67. The zero-order valence-electron chi connectivity index (χ0n) is 16.9. The first-order valence-corrected chi connectivity index (χ1v) is 10.0. The summed E-state index contributed by atoms with van der Waals surface area (Å²) in [5, 5.41) is 2.88. The summed E-state index contributed by atoms with van der Waals surface area (Å²) in [6.07, 6.45) is 4.29. The molecule has 1 spiro atoms. The van der Waals surface area contributed by atoms with Crippen LogP contribution in [0.4, 0.5) is 4.79 Å². The predicted molar refractivity (Wildman–Crippen MR) is 105 cm³/mol. The minimum atomic E-state index is -0.754. The molecule has 7 heteroatoms. The van der Waals surface area contributed by atoms with Crippen molar-refractivity contribution in [1.82, 2.24) is 15.1 Å². The Hall–Kier alpha value is -2.57. The molecule has 0 aromatic heterocycles. The van der Waals surface area contributed by atoms with Crippen molar-refractivity contribution in [3.63, 3.8) is 0 Å². The normalized spacial score (nSPS) is 19.8. The minimum absolute atomic E-state index is 0.233. The number of amides is 4. The highest BCUT2D eigenvalue weighted by molar-refractivity contribution is 6.08. The number of urea groups is 1. The molecule has 1 aliphatic carbocycles. The van der Waals surface area contributed by atoms with Crippen molar-refractivity contribution in [1.29, 1.82) is 0 Å². The lowest BCUT2D eigenvalue weighted by Gasteiger charge is -2.35. The van der Waals surface area contributed by atoms with Gasteiger partial charge in [-0.15, -0.1) is 0 Å². The number of imide groups is 1. The molecule has 0 radical (unpaired) electrons. The van der Waals surface area contributed by atoms with Crippen LogP contribution in [0.2, 0.25) is 0 Å². The standard InChI is InChI=1S/C21H29N3O4/c1-4-28-17-10-8-16(9-11-17)15(2)22-18(25)14-24-19(26)21(23(3)20(24)27)12-6-5-7-13-21/h8-11,15H,4-7,12-14H2,1-3H3,(H,22,25). The molecule has 7 nitrogen and oxygen atoms in total. The first kappa shape index (κ1) is 20.2. The average molecular weight is 387 g/mol. The van der Waals surface area contributed by atoms with E-state index in [1.165, 1.54) is 4.90 Å². The first-order valence-electron chi connectivity index (χ1n) is 10.0. The number of nitrogens with zero attached hydrogens (tertiary/aromatic N) is 2. The summed E-state index contributed by atoms with van der Waals surface area (Å²) in [5.41, 5.74) is 0.174. The Balaban J connectivity index is 1.62. The van der Waals surface area contributed by atoms with Gasteiger partial charge in [0.15, 0.2) is 0 Å². The van der Waals surface area contributed by atoms with Crippen LogP contribution in [0.5, 0.6) is 5.75 Å². The molecule has 1 saturated heterocycles. The van der Waals surface area contributed by atoms with E-state index in [0.29, 0.717) is 19.4 Å². The van der Waals surface area contributed by atoms with Gasteiger partial charge in [-0.3, -0.25) is 14.5 Å². The maximum atomic E-state index is 13.0. The SMILES string of the molecule is CCOc1ccc(C(C)NC(=O)CN2C(=O)N(C)C3(CCCCC3)C2=O)cc1. The molecule has 1 aromatic rings. The summed E-state index contributed by atoms with van der Waals surface area (Å²) in [5.74, 6) is 0.201. The molecule has 1 unspecified atom stereocenters. The van der Waals surface area contributed by atoms with E-state index in [1.807, 2.05) is 38.1 Å². The number of nitrogens with one attached hydrogen (secondary N) is 1. The van der Waals surface area contributed by atoms with E-state index in [1.54, 1.807) is 7.05 Å². The van der Waals surface area contributed by atoms with Crippen molar-refractivity contribution >= 4 is 17.8 Å². The zero-order valence-corrected chi connectivity index (χ0v) is 16.9. The van der Waals surface area contributed by atoms with E-state index < -0.39 is 5.54 Å².